The highest BCUT2D eigenvalue weighted by atomic mass is 16.5. The van der Waals surface area contributed by atoms with Crippen molar-refractivity contribution < 1.29 is 9.47 Å². The largest absolute Gasteiger partial charge is 0.493 e. The zero-order chi connectivity index (χ0) is 11.5. The first-order chi connectivity index (χ1) is 7.72. The Hall–Kier alpha value is -1.07. The van der Waals surface area contributed by atoms with Crippen LogP contribution in [0.1, 0.15) is 24.6 Å². The lowest BCUT2D eigenvalue weighted by Gasteiger charge is -2.16. The van der Waals surface area contributed by atoms with Gasteiger partial charge < -0.3 is 15.2 Å². The minimum absolute atomic E-state index is 0.0332. The number of nitrogens with zero attached hydrogens (tertiary/aromatic N) is 2. The zero-order valence-corrected chi connectivity index (χ0v) is 9.85. The molecule has 1 aliphatic heterocycles. The molecule has 2 atom stereocenters. The minimum atomic E-state index is -0.0332. The van der Waals surface area contributed by atoms with E-state index < -0.39 is 0 Å². The van der Waals surface area contributed by atoms with E-state index in [0.717, 1.165) is 37.5 Å². The van der Waals surface area contributed by atoms with Crippen LogP contribution in [0.2, 0.25) is 0 Å². The van der Waals surface area contributed by atoms with E-state index in [1.54, 1.807) is 18.0 Å². The topological polar surface area (TPSA) is 62.3 Å². The molecule has 0 saturated carbocycles. The van der Waals surface area contributed by atoms with Crippen LogP contribution >= 0.6 is 0 Å². The molecule has 2 heterocycles. The smallest absolute Gasteiger partial charge is 0.161 e. The Labute approximate surface area is 95.5 Å². The van der Waals surface area contributed by atoms with Crippen LogP contribution in [0.15, 0.2) is 6.20 Å². The van der Waals surface area contributed by atoms with Crippen molar-refractivity contribution in [1.29, 1.82) is 0 Å². The fraction of sp³-hybridized carbons (Fsp3) is 0.727. The van der Waals surface area contributed by atoms with Gasteiger partial charge in [0, 0.05) is 20.3 Å². The molecule has 0 aliphatic carbocycles. The van der Waals surface area contributed by atoms with Crippen LogP contribution in [0.4, 0.5) is 0 Å². The summed E-state index contributed by atoms with van der Waals surface area (Å²) >= 11 is 0. The summed E-state index contributed by atoms with van der Waals surface area (Å²) in [6, 6.07) is -0.0332. The molecule has 1 fully saturated rings. The molecule has 2 unspecified atom stereocenters. The highest BCUT2D eigenvalue weighted by molar-refractivity contribution is 5.27. The maximum absolute atomic E-state index is 6.20. The van der Waals surface area contributed by atoms with Crippen molar-refractivity contribution in [3.63, 3.8) is 0 Å². The quantitative estimate of drug-likeness (QED) is 0.825. The van der Waals surface area contributed by atoms with Gasteiger partial charge in [0.2, 0.25) is 0 Å². The maximum Gasteiger partial charge on any atom is 0.161 e. The first-order valence-electron chi connectivity index (χ1n) is 5.61. The Morgan fingerprint density at radius 1 is 1.75 bits per heavy atom. The SMILES string of the molecule is COc1cnn(C)c1C(N)CC1CCOC1. The molecule has 0 radical (unpaired) electrons. The molecule has 1 saturated heterocycles. The van der Waals surface area contributed by atoms with Crippen LogP contribution < -0.4 is 10.5 Å². The standard InChI is InChI=1S/C11H19N3O2/c1-14-11(10(15-2)6-13-14)9(12)5-8-3-4-16-7-8/h6,8-9H,3-5,7,12H2,1-2H3. The first-order valence-corrected chi connectivity index (χ1v) is 5.61. The molecule has 5 heteroatoms. The molecule has 16 heavy (non-hydrogen) atoms. The van der Waals surface area contributed by atoms with Crippen molar-refractivity contribution in [1.82, 2.24) is 9.78 Å². The summed E-state index contributed by atoms with van der Waals surface area (Å²) in [6.45, 7) is 1.69. The summed E-state index contributed by atoms with van der Waals surface area (Å²) < 4.78 is 12.4. The van der Waals surface area contributed by atoms with Gasteiger partial charge in [0.1, 0.15) is 0 Å². The van der Waals surface area contributed by atoms with E-state index in [0.29, 0.717) is 5.92 Å². The normalized spacial score (nSPS) is 22.3. The summed E-state index contributed by atoms with van der Waals surface area (Å²) in [4.78, 5) is 0. The van der Waals surface area contributed by atoms with E-state index in [1.807, 2.05) is 7.05 Å². The summed E-state index contributed by atoms with van der Waals surface area (Å²) in [6.07, 6.45) is 3.74. The molecule has 1 aliphatic rings. The van der Waals surface area contributed by atoms with E-state index >= 15 is 0 Å². The van der Waals surface area contributed by atoms with Crippen LogP contribution in [0.25, 0.3) is 0 Å². The van der Waals surface area contributed by atoms with Gasteiger partial charge in [0.25, 0.3) is 0 Å². The summed E-state index contributed by atoms with van der Waals surface area (Å²) in [5.41, 5.74) is 7.17. The molecular weight excluding hydrogens is 206 g/mol. The molecule has 2 N–H and O–H groups in total. The fourth-order valence-electron chi connectivity index (χ4n) is 2.25. The summed E-state index contributed by atoms with van der Waals surface area (Å²) in [5.74, 6) is 1.34. The van der Waals surface area contributed by atoms with E-state index in [1.165, 1.54) is 0 Å². The van der Waals surface area contributed by atoms with Gasteiger partial charge in [-0.25, -0.2) is 0 Å². The van der Waals surface area contributed by atoms with Crippen molar-refractivity contribution in [2.45, 2.75) is 18.9 Å². The van der Waals surface area contributed by atoms with Gasteiger partial charge in [0.15, 0.2) is 5.75 Å². The van der Waals surface area contributed by atoms with Gasteiger partial charge in [0.05, 0.1) is 25.0 Å². The molecule has 5 nitrogen and oxygen atoms in total. The average Bonchev–Trinajstić information content (AvgIpc) is 2.87. The third-order valence-electron chi connectivity index (χ3n) is 3.13. The Kier molecular flexibility index (Phi) is 3.46. The summed E-state index contributed by atoms with van der Waals surface area (Å²) in [5, 5.41) is 4.16. The number of rotatable bonds is 4. The zero-order valence-electron chi connectivity index (χ0n) is 9.85. The number of hydrogen-bond acceptors (Lipinski definition) is 4. The Bertz CT molecular complexity index is 345. The monoisotopic (exact) mass is 225 g/mol. The second-order valence-corrected chi connectivity index (χ2v) is 4.29. The van der Waals surface area contributed by atoms with E-state index in [2.05, 4.69) is 5.10 Å². The Morgan fingerprint density at radius 3 is 3.19 bits per heavy atom. The minimum Gasteiger partial charge on any atom is -0.493 e. The Morgan fingerprint density at radius 2 is 2.56 bits per heavy atom. The number of methoxy groups -OCH3 is 1. The van der Waals surface area contributed by atoms with Crippen molar-refractivity contribution in [3.8, 4) is 5.75 Å². The number of ether oxygens (including phenoxy) is 2. The van der Waals surface area contributed by atoms with Crippen LogP contribution in [0.3, 0.4) is 0 Å². The number of aromatic nitrogens is 2. The van der Waals surface area contributed by atoms with Crippen molar-refractivity contribution in [2.75, 3.05) is 20.3 Å². The van der Waals surface area contributed by atoms with E-state index in [4.69, 9.17) is 15.2 Å². The van der Waals surface area contributed by atoms with Crippen LogP contribution in [-0.2, 0) is 11.8 Å². The maximum atomic E-state index is 6.20. The van der Waals surface area contributed by atoms with E-state index in [-0.39, 0.29) is 6.04 Å². The van der Waals surface area contributed by atoms with Gasteiger partial charge in [-0.1, -0.05) is 0 Å². The first kappa shape index (κ1) is 11.4. The molecule has 90 valence electrons. The lowest BCUT2D eigenvalue weighted by Crippen LogP contribution is -2.19. The lowest BCUT2D eigenvalue weighted by molar-refractivity contribution is 0.182. The molecule has 2 rings (SSSR count). The van der Waals surface area contributed by atoms with Gasteiger partial charge in [-0.15, -0.1) is 0 Å². The second-order valence-electron chi connectivity index (χ2n) is 4.29. The predicted octanol–water partition coefficient (Wildman–Crippen LogP) is 0.855. The molecule has 0 bridgehead atoms. The molecule has 0 amide bonds. The van der Waals surface area contributed by atoms with Gasteiger partial charge in [-0.3, -0.25) is 4.68 Å². The van der Waals surface area contributed by atoms with Crippen LogP contribution in [-0.4, -0.2) is 30.1 Å². The predicted molar refractivity (Wildman–Crippen MR) is 60.2 cm³/mol. The third kappa shape index (κ3) is 2.20. The fourth-order valence-corrected chi connectivity index (χ4v) is 2.25. The lowest BCUT2D eigenvalue weighted by atomic mass is 9.97. The molecule has 1 aromatic heterocycles. The molecule has 0 spiro atoms. The van der Waals surface area contributed by atoms with Gasteiger partial charge in [-0.05, 0) is 18.8 Å². The van der Waals surface area contributed by atoms with Gasteiger partial charge in [-0.2, -0.15) is 5.10 Å². The van der Waals surface area contributed by atoms with Gasteiger partial charge >= 0.3 is 0 Å². The second kappa shape index (κ2) is 4.84. The number of aryl methyl sites for hydroxylation is 1. The molecular formula is C11H19N3O2. The van der Waals surface area contributed by atoms with Crippen LogP contribution in [0.5, 0.6) is 5.75 Å². The number of nitrogens with two attached hydrogens (primary N) is 1. The highest BCUT2D eigenvalue weighted by Gasteiger charge is 2.23. The highest BCUT2D eigenvalue weighted by Crippen LogP contribution is 2.29. The van der Waals surface area contributed by atoms with Crippen LogP contribution in [0, 0.1) is 5.92 Å². The van der Waals surface area contributed by atoms with E-state index in [9.17, 15) is 0 Å². The van der Waals surface area contributed by atoms with Crippen molar-refractivity contribution in [2.24, 2.45) is 18.7 Å². The van der Waals surface area contributed by atoms with Crippen molar-refractivity contribution >= 4 is 0 Å². The number of hydrogen-bond donors (Lipinski definition) is 1. The third-order valence-corrected chi connectivity index (χ3v) is 3.13. The Balaban J connectivity index is 2.06. The average molecular weight is 225 g/mol. The van der Waals surface area contributed by atoms with Crippen molar-refractivity contribution in [3.05, 3.63) is 11.9 Å². The molecule has 0 aromatic carbocycles. The molecule has 1 aromatic rings. The summed E-state index contributed by atoms with van der Waals surface area (Å²) in [7, 11) is 3.54.